The van der Waals surface area contributed by atoms with Gasteiger partial charge in [0, 0.05) is 34.1 Å². The van der Waals surface area contributed by atoms with Gasteiger partial charge in [0.05, 0.1) is 0 Å². The number of nitrogens with zero attached hydrogens (tertiary/aromatic N) is 2. The molecule has 1 saturated heterocycles. The SMILES string of the molecule is O=C(c1c(F)cccc1F)N1CC2(CCN(Cc3cccs3)CC2)c2cc(Cl)ccc21. The number of carbonyl (C=O) groups excluding carboxylic acids is 1. The predicted molar refractivity (Wildman–Crippen MR) is 120 cm³/mol. The van der Waals surface area contributed by atoms with E-state index in [4.69, 9.17) is 11.6 Å². The van der Waals surface area contributed by atoms with Crippen LogP contribution in [0.25, 0.3) is 0 Å². The van der Waals surface area contributed by atoms with E-state index in [1.165, 1.54) is 15.8 Å². The normalized spacial score (nSPS) is 17.8. The van der Waals surface area contributed by atoms with Crippen LogP contribution in [0.5, 0.6) is 0 Å². The number of halogens is 3. The van der Waals surface area contributed by atoms with Crippen molar-refractivity contribution >= 4 is 34.5 Å². The number of benzene rings is 2. The maximum absolute atomic E-state index is 14.3. The van der Waals surface area contributed by atoms with Gasteiger partial charge < -0.3 is 4.90 Å². The van der Waals surface area contributed by atoms with Crippen LogP contribution in [0.4, 0.5) is 14.5 Å². The van der Waals surface area contributed by atoms with Crippen LogP contribution in [-0.2, 0) is 12.0 Å². The number of hydrogen-bond acceptors (Lipinski definition) is 3. The summed E-state index contributed by atoms with van der Waals surface area (Å²) in [4.78, 5) is 18.5. The Bertz CT molecular complexity index is 1110. The molecule has 0 saturated carbocycles. The van der Waals surface area contributed by atoms with Gasteiger partial charge in [-0.1, -0.05) is 23.7 Å². The zero-order valence-corrected chi connectivity index (χ0v) is 18.4. The first-order valence-electron chi connectivity index (χ1n) is 10.3. The summed E-state index contributed by atoms with van der Waals surface area (Å²) in [6, 6.07) is 13.1. The summed E-state index contributed by atoms with van der Waals surface area (Å²) in [5, 5.41) is 2.69. The highest BCUT2D eigenvalue weighted by atomic mass is 35.5. The van der Waals surface area contributed by atoms with Gasteiger partial charge in [-0.2, -0.15) is 0 Å². The van der Waals surface area contributed by atoms with Crippen LogP contribution in [-0.4, -0.2) is 30.4 Å². The highest BCUT2D eigenvalue weighted by Crippen LogP contribution is 2.48. The van der Waals surface area contributed by atoms with Gasteiger partial charge in [-0.05, 0) is 73.3 Å². The van der Waals surface area contributed by atoms with Crippen LogP contribution in [0.3, 0.4) is 0 Å². The van der Waals surface area contributed by atoms with Crippen molar-refractivity contribution in [3.05, 3.63) is 86.6 Å². The van der Waals surface area contributed by atoms with E-state index in [9.17, 15) is 13.6 Å². The third-order valence-corrected chi connectivity index (χ3v) is 7.57. The van der Waals surface area contributed by atoms with Gasteiger partial charge in [0.15, 0.2) is 0 Å². The predicted octanol–water partition coefficient (Wildman–Crippen LogP) is 5.87. The first-order chi connectivity index (χ1) is 15.0. The summed E-state index contributed by atoms with van der Waals surface area (Å²) in [5.74, 6) is -2.32. The van der Waals surface area contributed by atoms with E-state index in [1.54, 1.807) is 23.5 Å². The fourth-order valence-corrected chi connectivity index (χ4v) is 5.77. The molecule has 0 N–H and O–H groups in total. The summed E-state index contributed by atoms with van der Waals surface area (Å²) in [6.45, 7) is 3.10. The van der Waals surface area contributed by atoms with E-state index < -0.39 is 23.1 Å². The lowest BCUT2D eigenvalue weighted by atomic mass is 9.74. The molecule has 5 rings (SSSR count). The molecule has 2 aromatic carbocycles. The molecule has 3 heterocycles. The minimum Gasteiger partial charge on any atom is -0.307 e. The Hall–Kier alpha value is -2.28. The Labute approximate surface area is 188 Å². The fourth-order valence-electron chi connectivity index (χ4n) is 4.85. The molecule has 2 aliphatic heterocycles. The molecule has 0 radical (unpaired) electrons. The van der Waals surface area contributed by atoms with E-state index in [1.807, 2.05) is 6.07 Å². The monoisotopic (exact) mass is 458 g/mol. The van der Waals surface area contributed by atoms with Crippen LogP contribution in [0.2, 0.25) is 5.02 Å². The first-order valence-corrected chi connectivity index (χ1v) is 11.5. The molecule has 0 aliphatic carbocycles. The second-order valence-corrected chi connectivity index (χ2v) is 9.75. The first kappa shape index (κ1) is 20.6. The lowest BCUT2D eigenvalue weighted by Crippen LogP contribution is -2.45. The van der Waals surface area contributed by atoms with Crippen molar-refractivity contribution in [2.24, 2.45) is 0 Å². The Balaban J connectivity index is 1.45. The molecule has 1 spiro atoms. The molecule has 0 atom stereocenters. The third-order valence-electron chi connectivity index (χ3n) is 6.48. The summed E-state index contributed by atoms with van der Waals surface area (Å²) in [5.41, 5.74) is 0.934. The topological polar surface area (TPSA) is 23.6 Å². The number of anilines is 1. The van der Waals surface area contributed by atoms with Crippen molar-refractivity contribution in [1.29, 1.82) is 0 Å². The second kappa shape index (κ2) is 8.01. The van der Waals surface area contributed by atoms with E-state index in [-0.39, 0.29) is 5.41 Å². The highest BCUT2D eigenvalue weighted by Gasteiger charge is 2.47. The largest absolute Gasteiger partial charge is 0.307 e. The molecule has 3 nitrogen and oxygen atoms in total. The quantitative estimate of drug-likeness (QED) is 0.489. The van der Waals surface area contributed by atoms with Crippen molar-refractivity contribution in [3.8, 4) is 0 Å². The highest BCUT2D eigenvalue weighted by molar-refractivity contribution is 7.09. The van der Waals surface area contributed by atoms with Crippen molar-refractivity contribution in [3.63, 3.8) is 0 Å². The van der Waals surface area contributed by atoms with Crippen LogP contribution in [0.15, 0.2) is 53.9 Å². The van der Waals surface area contributed by atoms with E-state index in [2.05, 4.69) is 22.4 Å². The zero-order valence-electron chi connectivity index (χ0n) is 16.8. The molecule has 1 fully saturated rings. The van der Waals surface area contributed by atoms with Gasteiger partial charge in [-0.15, -0.1) is 11.3 Å². The lowest BCUT2D eigenvalue weighted by molar-refractivity contribution is 0.0967. The Kier molecular flexibility index (Phi) is 5.32. The average molecular weight is 459 g/mol. The number of likely N-dealkylation sites (tertiary alicyclic amines) is 1. The van der Waals surface area contributed by atoms with Crippen molar-refractivity contribution in [1.82, 2.24) is 4.90 Å². The van der Waals surface area contributed by atoms with E-state index >= 15 is 0 Å². The van der Waals surface area contributed by atoms with Crippen LogP contribution < -0.4 is 4.90 Å². The van der Waals surface area contributed by atoms with E-state index in [0.29, 0.717) is 17.3 Å². The number of fused-ring (bicyclic) bond motifs is 2. The summed E-state index contributed by atoms with van der Waals surface area (Å²) < 4.78 is 28.7. The number of carbonyl (C=O) groups is 1. The third kappa shape index (κ3) is 3.67. The number of thiophene rings is 1. The van der Waals surface area contributed by atoms with E-state index in [0.717, 1.165) is 50.2 Å². The molecule has 31 heavy (non-hydrogen) atoms. The van der Waals surface area contributed by atoms with Crippen molar-refractivity contribution in [2.45, 2.75) is 24.8 Å². The lowest BCUT2D eigenvalue weighted by Gasteiger charge is -2.39. The minimum absolute atomic E-state index is 0.260. The van der Waals surface area contributed by atoms with Gasteiger partial charge >= 0.3 is 0 Å². The number of amides is 1. The molecule has 3 aromatic rings. The smallest absolute Gasteiger partial charge is 0.264 e. The Morgan fingerprint density at radius 1 is 1.06 bits per heavy atom. The fraction of sp³-hybridized carbons (Fsp3) is 0.292. The zero-order chi connectivity index (χ0) is 21.6. The van der Waals surface area contributed by atoms with Crippen molar-refractivity contribution < 1.29 is 13.6 Å². The van der Waals surface area contributed by atoms with Gasteiger partial charge in [0.25, 0.3) is 5.91 Å². The van der Waals surface area contributed by atoms with Crippen molar-refractivity contribution in [2.75, 3.05) is 24.5 Å². The minimum atomic E-state index is -0.841. The molecule has 2 aliphatic rings. The maximum Gasteiger partial charge on any atom is 0.264 e. The van der Waals surface area contributed by atoms with Gasteiger partial charge in [0.1, 0.15) is 17.2 Å². The molecule has 160 valence electrons. The summed E-state index contributed by atoms with van der Waals surface area (Å²) >= 11 is 8.06. The van der Waals surface area contributed by atoms with Gasteiger partial charge in [0.2, 0.25) is 0 Å². The molecule has 1 amide bonds. The second-order valence-electron chi connectivity index (χ2n) is 8.29. The standard InChI is InChI=1S/C24H21ClF2N2OS/c25-16-6-7-21-18(13-16)24(8-10-28(11-9-24)14-17-3-2-12-31-17)15-29(21)23(30)22-19(26)4-1-5-20(22)27/h1-7,12-13H,8-11,14-15H2. The number of piperidine rings is 1. The van der Waals surface area contributed by atoms with Crippen LogP contribution >= 0.6 is 22.9 Å². The average Bonchev–Trinajstić information content (AvgIpc) is 3.36. The summed E-state index contributed by atoms with van der Waals surface area (Å²) in [6.07, 6.45) is 1.71. The summed E-state index contributed by atoms with van der Waals surface area (Å²) in [7, 11) is 0. The molecular weight excluding hydrogens is 438 g/mol. The number of rotatable bonds is 3. The molecule has 0 unspecified atom stereocenters. The molecule has 0 bridgehead atoms. The van der Waals surface area contributed by atoms with Gasteiger partial charge in [-0.25, -0.2) is 8.78 Å². The number of hydrogen-bond donors (Lipinski definition) is 0. The van der Waals surface area contributed by atoms with Gasteiger partial charge in [-0.3, -0.25) is 9.69 Å². The molecule has 1 aromatic heterocycles. The Morgan fingerprint density at radius 3 is 2.48 bits per heavy atom. The Morgan fingerprint density at radius 2 is 1.81 bits per heavy atom. The molecular formula is C24H21ClF2N2OS. The molecule has 7 heteroatoms. The van der Waals surface area contributed by atoms with Crippen LogP contribution in [0.1, 0.15) is 33.6 Å². The van der Waals surface area contributed by atoms with Crippen LogP contribution in [0, 0.1) is 11.6 Å². The maximum atomic E-state index is 14.3.